The number of nitro benzene ring substituents is 1. The van der Waals surface area contributed by atoms with Crippen LogP contribution in [0.15, 0.2) is 48.5 Å². The quantitative estimate of drug-likeness (QED) is 0.613. The molecule has 0 bridgehead atoms. The van der Waals surface area contributed by atoms with E-state index < -0.39 is 0 Å². The number of ether oxygens (including phenoxy) is 1. The zero-order valence-corrected chi connectivity index (χ0v) is 15.4. The lowest BCUT2D eigenvalue weighted by Gasteiger charge is -2.32. The van der Waals surface area contributed by atoms with E-state index in [1.807, 2.05) is 36.1 Å². The van der Waals surface area contributed by atoms with Crippen molar-refractivity contribution in [3.8, 4) is 5.75 Å². The zero-order valence-electron chi connectivity index (χ0n) is 15.4. The highest BCUT2D eigenvalue weighted by atomic mass is 16.6. The number of carbonyl (C=O) groups excluding carboxylic acids is 1. The molecule has 1 amide bonds. The molecule has 2 aromatic carbocycles. The maximum absolute atomic E-state index is 12.4. The summed E-state index contributed by atoms with van der Waals surface area (Å²) in [7, 11) is 0. The van der Waals surface area contributed by atoms with Gasteiger partial charge in [0.15, 0.2) is 6.61 Å². The Hall–Kier alpha value is -2.93. The first-order chi connectivity index (χ1) is 13.0. The molecule has 1 heterocycles. The molecule has 3 rings (SSSR count). The monoisotopic (exact) mass is 370 g/mol. The van der Waals surface area contributed by atoms with E-state index in [9.17, 15) is 14.9 Å². The molecule has 0 spiro atoms. The van der Waals surface area contributed by atoms with Crippen LogP contribution in [0.25, 0.3) is 0 Å². The summed E-state index contributed by atoms with van der Waals surface area (Å²) in [6.45, 7) is 5.94. The maximum atomic E-state index is 12.4. The smallest absolute Gasteiger partial charge is 0.269 e. The van der Waals surface area contributed by atoms with E-state index in [1.165, 1.54) is 17.0 Å². The lowest BCUT2D eigenvalue weighted by molar-refractivity contribution is -0.917. The summed E-state index contributed by atoms with van der Waals surface area (Å²) in [5.74, 6) is 0.719. The molecule has 0 radical (unpaired) electrons. The van der Waals surface area contributed by atoms with Crippen LogP contribution in [-0.4, -0.2) is 48.5 Å². The highest BCUT2D eigenvalue weighted by Gasteiger charge is 2.24. The number of hydrogen-bond acceptors (Lipinski definition) is 4. The van der Waals surface area contributed by atoms with Crippen molar-refractivity contribution in [3.63, 3.8) is 0 Å². The molecule has 1 fully saturated rings. The molecule has 1 aliphatic rings. The Morgan fingerprint density at radius 3 is 2.52 bits per heavy atom. The van der Waals surface area contributed by atoms with Gasteiger partial charge in [0.05, 0.1) is 31.1 Å². The minimum absolute atomic E-state index is 0.00546. The Morgan fingerprint density at radius 2 is 1.89 bits per heavy atom. The fourth-order valence-electron chi connectivity index (χ4n) is 3.21. The van der Waals surface area contributed by atoms with Gasteiger partial charge in [0, 0.05) is 17.7 Å². The Labute approximate surface area is 158 Å². The van der Waals surface area contributed by atoms with Crippen LogP contribution in [0.2, 0.25) is 0 Å². The fourth-order valence-corrected chi connectivity index (χ4v) is 3.21. The van der Waals surface area contributed by atoms with Crippen molar-refractivity contribution in [2.75, 3.05) is 32.8 Å². The second-order valence-electron chi connectivity index (χ2n) is 6.84. The topological polar surface area (TPSA) is 77.1 Å². The van der Waals surface area contributed by atoms with Crippen LogP contribution >= 0.6 is 0 Å². The number of nitro groups is 1. The third-order valence-electron chi connectivity index (χ3n) is 4.78. The molecule has 7 heteroatoms. The molecule has 0 aromatic heterocycles. The van der Waals surface area contributed by atoms with Gasteiger partial charge in [0.1, 0.15) is 12.3 Å². The van der Waals surface area contributed by atoms with Crippen LogP contribution < -0.4 is 9.64 Å². The van der Waals surface area contributed by atoms with Crippen LogP contribution in [0, 0.1) is 17.0 Å². The van der Waals surface area contributed by atoms with Gasteiger partial charge in [-0.15, -0.1) is 0 Å². The SMILES string of the molecule is Cc1cccc(OCC(=O)N2CC[NH+](Cc3ccc([N+](=O)[O-])cc3)CC2)c1. The normalized spacial score (nSPS) is 14.8. The molecule has 7 nitrogen and oxygen atoms in total. The van der Waals surface area contributed by atoms with Crippen molar-refractivity contribution in [1.82, 2.24) is 4.90 Å². The number of non-ortho nitro benzene ring substituents is 1. The first-order valence-electron chi connectivity index (χ1n) is 9.05. The molecular formula is C20H24N3O4+. The molecule has 1 N–H and O–H groups in total. The lowest BCUT2D eigenvalue weighted by Crippen LogP contribution is -3.13. The van der Waals surface area contributed by atoms with E-state index in [-0.39, 0.29) is 23.1 Å². The van der Waals surface area contributed by atoms with Crippen molar-refractivity contribution in [2.45, 2.75) is 13.5 Å². The van der Waals surface area contributed by atoms with Gasteiger partial charge < -0.3 is 14.5 Å². The Kier molecular flexibility index (Phi) is 6.03. The number of aryl methyl sites for hydroxylation is 1. The van der Waals surface area contributed by atoms with Crippen LogP contribution in [0.4, 0.5) is 5.69 Å². The van der Waals surface area contributed by atoms with Gasteiger partial charge in [-0.1, -0.05) is 12.1 Å². The van der Waals surface area contributed by atoms with Gasteiger partial charge >= 0.3 is 0 Å². The van der Waals surface area contributed by atoms with E-state index in [4.69, 9.17) is 4.74 Å². The van der Waals surface area contributed by atoms with E-state index in [1.54, 1.807) is 12.1 Å². The van der Waals surface area contributed by atoms with Crippen molar-refractivity contribution >= 4 is 11.6 Å². The van der Waals surface area contributed by atoms with E-state index in [0.717, 1.165) is 30.8 Å². The number of hydrogen-bond donors (Lipinski definition) is 1. The van der Waals surface area contributed by atoms with Gasteiger partial charge in [0.25, 0.3) is 11.6 Å². The Balaban J connectivity index is 1.44. The summed E-state index contributed by atoms with van der Waals surface area (Å²) in [5, 5.41) is 10.7. The van der Waals surface area contributed by atoms with Crippen LogP contribution in [0.3, 0.4) is 0 Å². The number of piperazine rings is 1. The lowest BCUT2D eigenvalue weighted by atomic mass is 10.2. The van der Waals surface area contributed by atoms with Gasteiger partial charge in [0.2, 0.25) is 0 Å². The summed E-state index contributed by atoms with van der Waals surface area (Å²) in [4.78, 5) is 25.9. The summed E-state index contributed by atoms with van der Waals surface area (Å²) in [5.41, 5.74) is 2.28. The molecule has 1 saturated heterocycles. The average Bonchev–Trinajstić information content (AvgIpc) is 2.67. The number of carbonyl (C=O) groups is 1. The Morgan fingerprint density at radius 1 is 1.19 bits per heavy atom. The largest absolute Gasteiger partial charge is 0.484 e. The minimum Gasteiger partial charge on any atom is -0.484 e. The molecule has 0 unspecified atom stereocenters. The maximum Gasteiger partial charge on any atom is 0.269 e. The first-order valence-corrected chi connectivity index (χ1v) is 9.05. The summed E-state index contributed by atoms with van der Waals surface area (Å²) >= 11 is 0. The second kappa shape index (κ2) is 8.64. The van der Waals surface area contributed by atoms with Gasteiger partial charge in [-0.3, -0.25) is 14.9 Å². The predicted octanol–water partition coefficient (Wildman–Crippen LogP) is 1.21. The van der Waals surface area contributed by atoms with E-state index in [2.05, 4.69) is 0 Å². The van der Waals surface area contributed by atoms with Gasteiger partial charge in [-0.05, 0) is 36.8 Å². The number of nitrogens with one attached hydrogen (secondary N) is 1. The predicted molar refractivity (Wildman–Crippen MR) is 101 cm³/mol. The average molecular weight is 370 g/mol. The van der Waals surface area contributed by atoms with Crippen molar-refractivity contribution in [1.29, 1.82) is 0 Å². The van der Waals surface area contributed by atoms with Gasteiger partial charge in [-0.2, -0.15) is 0 Å². The molecule has 142 valence electrons. The number of rotatable bonds is 6. The fraction of sp³-hybridized carbons (Fsp3) is 0.350. The van der Waals surface area contributed by atoms with Crippen LogP contribution in [-0.2, 0) is 11.3 Å². The van der Waals surface area contributed by atoms with Crippen LogP contribution in [0.5, 0.6) is 5.75 Å². The van der Waals surface area contributed by atoms with Crippen molar-refractivity contribution < 1.29 is 19.4 Å². The van der Waals surface area contributed by atoms with E-state index >= 15 is 0 Å². The highest BCUT2D eigenvalue weighted by molar-refractivity contribution is 5.77. The highest BCUT2D eigenvalue weighted by Crippen LogP contribution is 2.13. The van der Waals surface area contributed by atoms with Crippen LogP contribution in [0.1, 0.15) is 11.1 Å². The third kappa shape index (κ3) is 5.27. The number of quaternary nitrogens is 1. The standard InChI is InChI=1S/C20H23N3O4/c1-16-3-2-4-19(13-16)27-15-20(24)22-11-9-21(10-12-22)14-17-5-7-18(8-6-17)23(25)26/h2-8,13H,9-12,14-15H2,1H3/p+1. The Bertz CT molecular complexity index is 799. The minimum atomic E-state index is -0.389. The summed E-state index contributed by atoms with van der Waals surface area (Å²) in [6.07, 6.45) is 0. The van der Waals surface area contributed by atoms with Gasteiger partial charge in [-0.25, -0.2) is 0 Å². The number of benzene rings is 2. The molecule has 0 aliphatic carbocycles. The van der Waals surface area contributed by atoms with Crippen molar-refractivity contribution in [3.05, 3.63) is 69.8 Å². The number of amides is 1. The van der Waals surface area contributed by atoms with E-state index in [0.29, 0.717) is 18.8 Å². The summed E-state index contributed by atoms with van der Waals surface area (Å²) < 4.78 is 5.60. The second-order valence-corrected chi connectivity index (χ2v) is 6.84. The summed E-state index contributed by atoms with van der Waals surface area (Å²) in [6, 6.07) is 14.4. The third-order valence-corrected chi connectivity index (χ3v) is 4.78. The number of nitrogens with zero attached hydrogens (tertiary/aromatic N) is 2. The molecule has 1 aliphatic heterocycles. The zero-order chi connectivity index (χ0) is 19.2. The molecule has 0 saturated carbocycles. The molecular weight excluding hydrogens is 346 g/mol. The molecule has 2 aromatic rings. The molecule has 27 heavy (non-hydrogen) atoms. The molecule has 0 atom stereocenters. The first kappa shape index (κ1) is 18.8. The van der Waals surface area contributed by atoms with Crippen molar-refractivity contribution in [2.24, 2.45) is 0 Å².